The number of aliphatic hydroxyl groups excluding tert-OH is 2. The Hall–Kier alpha value is -2.70. The van der Waals surface area contributed by atoms with E-state index in [-0.39, 0.29) is 41.6 Å². The Morgan fingerprint density at radius 3 is 2.12 bits per heavy atom. The number of allylic oxidation sites excluding steroid dienone is 2. The summed E-state index contributed by atoms with van der Waals surface area (Å²) >= 11 is 1.15. The molecule has 7 atom stereocenters. The fourth-order valence-corrected chi connectivity index (χ4v) is 10.6. The molecule has 1 saturated heterocycles. The number of imidazole rings is 1. The van der Waals surface area contributed by atoms with Crippen LogP contribution in [0.1, 0.15) is 136 Å². The van der Waals surface area contributed by atoms with Crippen LogP contribution in [0.15, 0.2) is 24.8 Å². The van der Waals surface area contributed by atoms with Gasteiger partial charge in [-0.1, -0.05) is 109 Å². The van der Waals surface area contributed by atoms with Crippen molar-refractivity contribution in [2.24, 2.45) is 5.41 Å². The van der Waals surface area contributed by atoms with Gasteiger partial charge in [0.25, 0.3) is 0 Å². The average molecular weight is 1060 g/mol. The maximum absolute atomic E-state index is 12.7. The van der Waals surface area contributed by atoms with E-state index in [0.717, 1.165) is 73.9 Å². The summed E-state index contributed by atoms with van der Waals surface area (Å²) in [6, 6.07) is 0. The topological polar surface area (TPSA) is 364 Å². The molecule has 0 bridgehead atoms. The van der Waals surface area contributed by atoms with E-state index in [1.165, 1.54) is 65.2 Å². The number of fused-ring (bicyclic) bond motifs is 1. The number of aromatic nitrogens is 4. The maximum Gasteiger partial charge on any atom is 0.481 e. The number of carbonyl (C=O) groups is 3. The highest BCUT2D eigenvalue weighted by Gasteiger charge is 2.50. The van der Waals surface area contributed by atoms with Crippen molar-refractivity contribution in [1.29, 1.82) is 0 Å². The third-order valence-electron chi connectivity index (χ3n) is 10.9. The summed E-state index contributed by atoms with van der Waals surface area (Å²) < 4.78 is 62.5. The molecule has 2 aromatic rings. The second kappa shape index (κ2) is 30.4. The van der Waals surface area contributed by atoms with Gasteiger partial charge in [-0.15, -0.1) is 0 Å². The average Bonchev–Trinajstić information content (AvgIpc) is 3.84. The lowest BCUT2D eigenvalue weighted by atomic mass is 9.87. The van der Waals surface area contributed by atoms with E-state index in [1.807, 2.05) is 0 Å². The molecule has 69 heavy (non-hydrogen) atoms. The molecular formula is C41H72N7O17P3S. The number of hydrogen-bond acceptors (Lipinski definition) is 18. The highest BCUT2D eigenvalue weighted by Crippen LogP contribution is 2.61. The van der Waals surface area contributed by atoms with Crippen LogP contribution in [-0.4, -0.2) is 123 Å². The molecule has 3 rings (SSSR count). The molecule has 2 aromatic heterocycles. The summed E-state index contributed by atoms with van der Waals surface area (Å²) in [5, 5.41) is 26.7. The van der Waals surface area contributed by atoms with Crippen LogP contribution in [0, 0.1) is 5.41 Å². The number of anilines is 1. The van der Waals surface area contributed by atoms with Crippen molar-refractivity contribution in [2.45, 2.75) is 161 Å². The van der Waals surface area contributed by atoms with E-state index in [0.29, 0.717) is 12.2 Å². The number of aliphatic hydroxyl groups is 2. The zero-order valence-corrected chi connectivity index (χ0v) is 43.0. The molecule has 3 heterocycles. The summed E-state index contributed by atoms with van der Waals surface area (Å²) in [5.41, 5.74) is 4.29. The number of nitrogens with one attached hydrogen (secondary N) is 2. The van der Waals surface area contributed by atoms with E-state index in [4.69, 9.17) is 19.5 Å². The Balaban J connectivity index is 1.28. The van der Waals surface area contributed by atoms with Gasteiger partial charge in [0.2, 0.25) is 11.8 Å². The first-order chi connectivity index (χ1) is 32.6. The molecule has 0 saturated carbocycles. The van der Waals surface area contributed by atoms with Crippen LogP contribution in [0.4, 0.5) is 5.82 Å². The minimum atomic E-state index is -5.58. The van der Waals surface area contributed by atoms with Crippen LogP contribution in [0.25, 0.3) is 11.2 Å². The first kappa shape index (κ1) is 60.6. The SMILES string of the molecule is CCCCCCCCCC/C=C/CCCCCCCC(=O)SCCNC(=O)CCNC(=O)C(O)C(C)(C)COP(=O)(O)OP(=O)(O)OCC1OC(n2cnc3c(N)ncnc32)C(O)C1OP(=O)(O)O. The van der Waals surface area contributed by atoms with Gasteiger partial charge in [-0.25, -0.2) is 28.6 Å². The summed E-state index contributed by atoms with van der Waals surface area (Å²) in [6.07, 6.45) is 16.3. The van der Waals surface area contributed by atoms with Crippen LogP contribution in [-0.2, 0) is 50.7 Å². The predicted octanol–water partition coefficient (Wildman–Crippen LogP) is 5.48. The minimum absolute atomic E-state index is 0.0333. The van der Waals surface area contributed by atoms with Gasteiger partial charge in [0.05, 0.1) is 19.5 Å². The molecule has 7 unspecified atom stereocenters. The number of thioether (sulfide) groups is 1. The number of phosphoric acid groups is 3. The Morgan fingerprint density at radius 2 is 1.48 bits per heavy atom. The van der Waals surface area contributed by atoms with Crippen molar-refractivity contribution in [2.75, 3.05) is 37.8 Å². The molecule has 1 aliphatic heterocycles. The van der Waals surface area contributed by atoms with Crippen LogP contribution in [0.5, 0.6) is 0 Å². The fraction of sp³-hybridized carbons (Fsp3) is 0.756. The molecule has 1 aliphatic rings. The Bertz CT molecular complexity index is 2080. The third-order valence-corrected chi connectivity index (χ3v) is 14.9. The highest BCUT2D eigenvalue weighted by atomic mass is 32.2. The van der Waals surface area contributed by atoms with Crippen LogP contribution >= 0.6 is 35.2 Å². The Kier molecular flexibility index (Phi) is 26.7. The minimum Gasteiger partial charge on any atom is -0.386 e. The predicted molar refractivity (Wildman–Crippen MR) is 256 cm³/mol. The molecule has 2 amide bonds. The van der Waals surface area contributed by atoms with Crippen LogP contribution < -0.4 is 16.4 Å². The van der Waals surface area contributed by atoms with E-state index in [9.17, 15) is 57.9 Å². The number of hydrogen-bond donors (Lipinski definition) is 9. The van der Waals surface area contributed by atoms with Crippen molar-refractivity contribution in [3.8, 4) is 0 Å². The smallest absolute Gasteiger partial charge is 0.386 e. The maximum atomic E-state index is 12.7. The largest absolute Gasteiger partial charge is 0.481 e. The van der Waals surface area contributed by atoms with E-state index in [2.05, 4.69) is 53.5 Å². The molecule has 0 radical (unpaired) electrons. The Labute approximate surface area is 407 Å². The van der Waals surface area contributed by atoms with Crippen molar-refractivity contribution < 1.29 is 80.5 Å². The number of amides is 2. The lowest BCUT2D eigenvalue weighted by Gasteiger charge is -2.30. The second-order valence-corrected chi connectivity index (χ2v) is 22.7. The summed E-state index contributed by atoms with van der Waals surface area (Å²) in [7, 11) is -16.4. The van der Waals surface area contributed by atoms with Gasteiger partial charge in [-0.05, 0) is 32.1 Å². The molecule has 1 fully saturated rings. The summed E-state index contributed by atoms with van der Waals surface area (Å²) in [5.74, 6) is -1.03. The van der Waals surface area contributed by atoms with Crippen LogP contribution in [0.2, 0.25) is 0 Å². The molecule has 0 aliphatic carbocycles. The number of phosphoric ester groups is 3. The third kappa shape index (κ3) is 23.2. The quantitative estimate of drug-likeness (QED) is 0.0232. The van der Waals surface area contributed by atoms with Gasteiger partial charge in [0, 0.05) is 37.1 Å². The molecule has 28 heteroatoms. The van der Waals surface area contributed by atoms with Gasteiger partial charge < -0.3 is 50.9 Å². The Morgan fingerprint density at radius 1 is 0.870 bits per heavy atom. The number of unbranched alkanes of at least 4 members (excludes halogenated alkanes) is 13. The first-order valence-corrected chi connectivity index (χ1v) is 28.8. The van der Waals surface area contributed by atoms with Gasteiger partial charge in [0.1, 0.15) is 36.3 Å². The fourth-order valence-electron chi connectivity index (χ4n) is 7.06. The zero-order valence-electron chi connectivity index (χ0n) is 39.5. The van der Waals surface area contributed by atoms with E-state index in [1.54, 1.807) is 0 Å². The number of ether oxygens (including phenoxy) is 1. The number of rotatable bonds is 36. The van der Waals surface area contributed by atoms with Crippen molar-refractivity contribution in [3.05, 3.63) is 24.8 Å². The number of nitrogen functional groups attached to an aromatic ring is 1. The first-order valence-electron chi connectivity index (χ1n) is 23.3. The molecule has 24 nitrogen and oxygen atoms in total. The molecule has 10 N–H and O–H groups in total. The lowest BCUT2D eigenvalue weighted by molar-refractivity contribution is -0.137. The number of nitrogens with zero attached hydrogens (tertiary/aromatic N) is 4. The molecule has 0 aromatic carbocycles. The van der Waals surface area contributed by atoms with Crippen LogP contribution in [0.3, 0.4) is 0 Å². The molecule has 394 valence electrons. The van der Waals surface area contributed by atoms with Crippen molar-refractivity contribution in [1.82, 2.24) is 30.2 Å². The summed E-state index contributed by atoms with van der Waals surface area (Å²) in [6.45, 7) is 2.81. The number of nitrogens with two attached hydrogens (primary N) is 1. The van der Waals surface area contributed by atoms with E-state index < -0.39 is 84.6 Å². The highest BCUT2D eigenvalue weighted by molar-refractivity contribution is 8.13. The summed E-state index contributed by atoms with van der Waals surface area (Å²) in [4.78, 5) is 88.4. The van der Waals surface area contributed by atoms with Crippen molar-refractivity contribution >= 4 is 69.1 Å². The second-order valence-electron chi connectivity index (χ2n) is 17.3. The lowest BCUT2D eigenvalue weighted by Crippen LogP contribution is -2.46. The normalized spacial score (nSPS) is 20.0. The molecule has 0 spiro atoms. The van der Waals surface area contributed by atoms with Crippen molar-refractivity contribution in [3.63, 3.8) is 0 Å². The van der Waals surface area contributed by atoms with Gasteiger partial charge in [0.15, 0.2) is 22.8 Å². The molecular weight excluding hydrogens is 987 g/mol. The van der Waals surface area contributed by atoms with Gasteiger partial charge in [-0.3, -0.25) is 32.5 Å². The van der Waals surface area contributed by atoms with Gasteiger partial charge in [-0.2, -0.15) is 4.31 Å². The monoisotopic (exact) mass is 1060 g/mol. The van der Waals surface area contributed by atoms with E-state index >= 15 is 0 Å². The van der Waals surface area contributed by atoms with Gasteiger partial charge >= 0.3 is 23.5 Å². The number of carbonyl (C=O) groups excluding carboxylic acids is 3. The standard InChI is InChI=1S/C41H72N7O17P3S/c1-4-5-6-7-8-9-10-11-12-13-14-15-16-17-18-19-20-21-32(50)69-25-24-43-31(49)22-23-44-39(53)36(52)41(2,3)27-62-68(59,60)65-67(57,58)61-26-30-35(64-66(54,55)56)34(51)40(63-30)48-29-47-33-37(42)45-28-46-38(33)48/h13-14,28-30,34-36,40,51-52H,4-12,15-27H2,1-3H3,(H,43,49)(H,44,53)(H,57,58)(H,59,60)(H2,42,45,46)(H2,54,55,56)/b14-13+. The zero-order chi connectivity index (χ0) is 51.1.